The molecule has 0 aliphatic rings. The quantitative estimate of drug-likeness (QED) is 0.703. The summed E-state index contributed by atoms with van der Waals surface area (Å²) in [5.74, 6) is -0.0779. The van der Waals surface area contributed by atoms with E-state index in [1.807, 2.05) is 6.07 Å². The van der Waals surface area contributed by atoms with Crippen molar-refractivity contribution >= 4 is 22.7 Å². The maximum absolute atomic E-state index is 10.3. The van der Waals surface area contributed by atoms with Crippen LogP contribution in [-0.4, -0.2) is 8.76 Å². The highest BCUT2D eigenvalue weighted by Gasteiger charge is 2.00. The topological polar surface area (TPSA) is 63.9 Å². The second kappa shape index (κ2) is 4.38. The molecule has 0 saturated carbocycles. The SMILES string of the molecule is N#Cc1ccc(CS(=O)[O-])cc1Cl. The smallest absolute Gasteiger partial charge is 0.101 e. The summed E-state index contributed by atoms with van der Waals surface area (Å²) >= 11 is 3.56. The van der Waals surface area contributed by atoms with Crippen molar-refractivity contribution in [2.24, 2.45) is 0 Å². The van der Waals surface area contributed by atoms with Crippen molar-refractivity contribution in [3.63, 3.8) is 0 Å². The molecule has 0 saturated heterocycles. The molecular weight excluding hydrogens is 210 g/mol. The largest absolute Gasteiger partial charge is 0.772 e. The Morgan fingerprint density at radius 1 is 1.62 bits per heavy atom. The van der Waals surface area contributed by atoms with Crippen LogP contribution >= 0.6 is 11.6 Å². The molecule has 5 heteroatoms. The van der Waals surface area contributed by atoms with E-state index in [2.05, 4.69) is 0 Å². The molecule has 0 aliphatic carbocycles. The molecule has 0 aliphatic heterocycles. The van der Waals surface area contributed by atoms with Crippen LogP contribution in [0.4, 0.5) is 0 Å². The van der Waals surface area contributed by atoms with Gasteiger partial charge in [0, 0.05) is 5.75 Å². The summed E-state index contributed by atoms with van der Waals surface area (Å²) in [5.41, 5.74) is 0.930. The van der Waals surface area contributed by atoms with Gasteiger partial charge in [0.05, 0.1) is 10.6 Å². The number of hydrogen-bond acceptors (Lipinski definition) is 3. The van der Waals surface area contributed by atoms with Gasteiger partial charge in [-0.3, -0.25) is 4.21 Å². The molecule has 1 aromatic carbocycles. The van der Waals surface area contributed by atoms with Gasteiger partial charge in [0.1, 0.15) is 6.07 Å². The second-order valence-corrected chi connectivity index (χ2v) is 3.68. The van der Waals surface area contributed by atoms with Gasteiger partial charge in [-0.15, -0.1) is 0 Å². The molecule has 0 bridgehead atoms. The average molecular weight is 215 g/mol. The van der Waals surface area contributed by atoms with Crippen molar-refractivity contribution in [2.45, 2.75) is 5.75 Å². The minimum Gasteiger partial charge on any atom is -0.772 e. The van der Waals surface area contributed by atoms with Gasteiger partial charge < -0.3 is 4.55 Å². The predicted octanol–water partition coefficient (Wildman–Crippen LogP) is 1.59. The highest BCUT2D eigenvalue weighted by atomic mass is 35.5. The molecule has 1 aromatic rings. The van der Waals surface area contributed by atoms with Crippen LogP contribution in [-0.2, 0) is 16.8 Å². The zero-order chi connectivity index (χ0) is 9.84. The Labute approximate surface area is 83.2 Å². The van der Waals surface area contributed by atoms with E-state index < -0.39 is 11.1 Å². The Balaban J connectivity index is 2.97. The Morgan fingerprint density at radius 3 is 2.77 bits per heavy atom. The normalized spacial score (nSPS) is 12.1. The molecule has 0 heterocycles. The van der Waals surface area contributed by atoms with Crippen LogP contribution in [0, 0.1) is 11.3 Å². The van der Waals surface area contributed by atoms with Gasteiger partial charge in [0.25, 0.3) is 0 Å². The first-order valence-corrected chi connectivity index (χ1v) is 5.00. The van der Waals surface area contributed by atoms with Crippen LogP contribution in [0.1, 0.15) is 11.1 Å². The predicted molar refractivity (Wildman–Crippen MR) is 48.8 cm³/mol. The minimum absolute atomic E-state index is 0.0779. The summed E-state index contributed by atoms with van der Waals surface area (Å²) in [6, 6.07) is 6.45. The van der Waals surface area contributed by atoms with Gasteiger partial charge in [0.2, 0.25) is 0 Å². The molecule has 68 valence electrons. The van der Waals surface area contributed by atoms with Crippen molar-refractivity contribution in [3.05, 3.63) is 34.3 Å². The molecule has 0 N–H and O–H groups in total. The summed E-state index contributed by atoms with van der Waals surface area (Å²) in [7, 11) is 0. The summed E-state index contributed by atoms with van der Waals surface area (Å²) in [4.78, 5) is 0. The van der Waals surface area contributed by atoms with Gasteiger partial charge in [-0.2, -0.15) is 5.26 Å². The highest BCUT2D eigenvalue weighted by molar-refractivity contribution is 7.78. The summed E-state index contributed by atoms with van der Waals surface area (Å²) < 4.78 is 20.7. The first-order valence-electron chi connectivity index (χ1n) is 3.38. The Hall–Kier alpha value is -0.890. The van der Waals surface area contributed by atoms with E-state index in [0.717, 1.165) is 0 Å². The van der Waals surface area contributed by atoms with Crippen molar-refractivity contribution in [1.29, 1.82) is 5.26 Å². The summed E-state index contributed by atoms with van der Waals surface area (Å²) in [5, 5.41) is 8.82. The van der Waals surface area contributed by atoms with Crippen molar-refractivity contribution in [2.75, 3.05) is 0 Å². The molecule has 0 amide bonds. The fraction of sp³-hybridized carbons (Fsp3) is 0.125. The van der Waals surface area contributed by atoms with E-state index in [1.54, 1.807) is 6.07 Å². The van der Waals surface area contributed by atoms with Gasteiger partial charge in [0.15, 0.2) is 0 Å². The van der Waals surface area contributed by atoms with E-state index in [4.69, 9.17) is 16.9 Å². The number of benzene rings is 1. The zero-order valence-electron chi connectivity index (χ0n) is 6.49. The van der Waals surface area contributed by atoms with E-state index >= 15 is 0 Å². The van der Waals surface area contributed by atoms with Crippen LogP contribution in [0.2, 0.25) is 5.02 Å². The standard InChI is InChI=1S/C8H6ClNO2S/c9-8-3-6(5-13(11)12)1-2-7(8)4-10/h1-3H,5H2,(H,11,12)/p-1. The number of nitrogens with zero attached hydrogens (tertiary/aromatic N) is 1. The lowest BCUT2D eigenvalue weighted by atomic mass is 10.2. The molecule has 1 rings (SSSR count). The van der Waals surface area contributed by atoms with Gasteiger partial charge in [-0.25, -0.2) is 0 Å². The fourth-order valence-electron chi connectivity index (χ4n) is 0.875. The van der Waals surface area contributed by atoms with E-state index in [9.17, 15) is 8.76 Å². The maximum atomic E-state index is 10.3. The molecule has 0 radical (unpaired) electrons. The summed E-state index contributed by atoms with van der Waals surface area (Å²) in [6.07, 6.45) is 0. The number of halogens is 1. The molecular formula is C8H5ClNO2S-. The van der Waals surface area contributed by atoms with Crippen molar-refractivity contribution < 1.29 is 8.76 Å². The summed E-state index contributed by atoms with van der Waals surface area (Å²) in [6.45, 7) is 0. The lowest BCUT2D eigenvalue weighted by molar-refractivity contribution is 0.536. The molecule has 1 unspecified atom stereocenters. The second-order valence-electron chi connectivity index (χ2n) is 2.37. The Morgan fingerprint density at radius 2 is 2.31 bits per heavy atom. The number of nitriles is 1. The molecule has 0 fully saturated rings. The number of hydrogen-bond donors (Lipinski definition) is 0. The highest BCUT2D eigenvalue weighted by Crippen LogP contribution is 2.17. The Bertz CT molecular complexity index is 386. The van der Waals surface area contributed by atoms with E-state index in [1.165, 1.54) is 12.1 Å². The minimum atomic E-state index is -2.12. The van der Waals surface area contributed by atoms with Crippen molar-refractivity contribution in [1.82, 2.24) is 0 Å². The third-order valence-electron chi connectivity index (χ3n) is 1.44. The third-order valence-corrected chi connectivity index (χ3v) is 2.32. The third kappa shape index (κ3) is 2.81. The van der Waals surface area contributed by atoms with Crippen molar-refractivity contribution in [3.8, 4) is 6.07 Å². The fourth-order valence-corrected chi connectivity index (χ4v) is 1.57. The zero-order valence-corrected chi connectivity index (χ0v) is 8.06. The average Bonchev–Trinajstić information content (AvgIpc) is 2.03. The molecule has 3 nitrogen and oxygen atoms in total. The van der Waals surface area contributed by atoms with Crippen LogP contribution in [0.25, 0.3) is 0 Å². The molecule has 1 atom stereocenters. The maximum Gasteiger partial charge on any atom is 0.101 e. The first-order chi connectivity index (χ1) is 6.13. The monoisotopic (exact) mass is 214 g/mol. The lowest BCUT2D eigenvalue weighted by Gasteiger charge is -2.05. The molecule has 0 aromatic heterocycles. The van der Waals surface area contributed by atoms with Crippen LogP contribution < -0.4 is 0 Å². The van der Waals surface area contributed by atoms with Gasteiger partial charge in [-0.05, 0) is 17.7 Å². The number of rotatable bonds is 2. The Kier molecular flexibility index (Phi) is 3.43. The van der Waals surface area contributed by atoms with Crippen LogP contribution in [0.5, 0.6) is 0 Å². The van der Waals surface area contributed by atoms with Crippen LogP contribution in [0.15, 0.2) is 18.2 Å². The molecule has 13 heavy (non-hydrogen) atoms. The first kappa shape index (κ1) is 10.2. The van der Waals surface area contributed by atoms with E-state index in [0.29, 0.717) is 11.1 Å². The molecule has 0 spiro atoms. The van der Waals surface area contributed by atoms with E-state index in [-0.39, 0.29) is 10.8 Å². The van der Waals surface area contributed by atoms with Crippen LogP contribution in [0.3, 0.4) is 0 Å². The lowest BCUT2D eigenvalue weighted by Crippen LogP contribution is -1.93. The van der Waals surface area contributed by atoms with Gasteiger partial charge in [-0.1, -0.05) is 28.7 Å². The van der Waals surface area contributed by atoms with Gasteiger partial charge >= 0.3 is 0 Å².